The predicted octanol–water partition coefficient (Wildman–Crippen LogP) is 1.71. The van der Waals surface area contributed by atoms with Crippen molar-refractivity contribution in [1.82, 2.24) is 0 Å². The molecule has 1 atom stereocenters. The second kappa shape index (κ2) is 8.77. The monoisotopic (exact) mass is 203 g/mol. The van der Waals surface area contributed by atoms with Crippen molar-refractivity contribution in [2.45, 2.75) is 26.2 Å². The third kappa shape index (κ3) is 5.04. The zero-order chi connectivity index (χ0) is 10.8. The molecule has 0 aliphatic carbocycles. The van der Waals surface area contributed by atoms with E-state index in [9.17, 15) is 0 Å². The van der Waals surface area contributed by atoms with E-state index in [1.807, 2.05) is 13.8 Å². The van der Waals surface area contributed by atoms with Crippen LogP contribution in [0.15, 0.2) is 5.11 Å². The van der Waals surface area contributed by atoms with Crippen molar-refractivity contribution in [1.29, 1.82) is 0 Å². The van der Waals surface area contributed by atoms with E-state index < -0.39 is 6.29 Å². The van der Waals surface area contributed by atoms with Crippen molar-refractivity contribution in [3.8, 4) is 0 Å². The molecule has 0 spiro atoms. The molecule has 0 unspecified atom stereocenters. The van der Waals surface area contributed by atoms with Crippen LogP contribution in [0.25, 0.3) is 10.4 Å². The standard InChI is InChI=1S/C8H17N3O3/c1-4-13-8(14-5-2)7(12-3)6-10-11-9/h7-8H,4-6H2,1-3H3/t7-/m0/s1. The summed E-state index contributed by atoms with van der Waals surface area (Å²) in [5.41, 5.74) is 8.17. The minimum Gasteiger partial charge on any atom is -0.376 e. The molecule has 0 radical (unpaired) electrons. The summed E-state index contributed by atoms with van der Waals surface area (Å²) in [6.07, 6.45) is -0.828. The van der Waals surface area contributed by atoms with Crippen LogP contribution in [0.2, 0.25) is 0 Å². The summed E-state index contributed by atoms with van der Waals surface area (Å²) >= 11 is 0. The predicted molar refractivity (Wildman–Crippen MR) is 51.9 cm³/mol. The Bertz CT molecular complexity index is 177. The van der Waals surface area contributed by atoms with E-state index in [-0.39, 0.29) is 12.6 Å². The fourth-order valence-electron chi connectivity index (χ4n) is 0.980. The summed E-state index contributed by atoms with van der Waals surface area (Å²) in [7, 11) is 1.53. The minimum atomic E-state index is -0.472. The van der Waals surface area contributed by atoms with Gasteiger partial charge in [0.25, 0.3) is 0 Å². The van der Waals surface area contributed by atoms with Crippen LogP contribution in [0.4, 0.5) is 0 Å². The first kappa shape index (κ1) is 13.2. The molecule has 0 N–H and O–H groups in total. The van der Waals surface area contributed by atoms with Crippen LogP contribution in [0.1, 0.15) is 13.8 Å². The van der Waals surface area contributed by atoms with Gasteiger partial charge in [-0.25, -0.2) is 0 Å². The molecule has 0 bridgehead atoms. The van der Waals surface area contributed by atoms with Gasteiger partial charge in [0.2, 0.25) is 0 Å². The van der Waals surface area contributed by atoms with Gasteiger partial charge in [-0.15, -0.1) is 0 Å². The molecule has 0 aromatic carbocycles. The van der Waals surface area contributed by atoms with Crippen molar-refractivity contribution in [2.24, 2.45) is 5.11 Å². The van der Waals surface area contributed by atoms with Crippen LogP contribution >= 0.6 is 0 Å². The molecule has 0 aliphatic heterocycles. The minimum absolute atomic E-state index is 0.206. The van der Waals surface area contributed by atoms with Gasteiger partial charge in [0.1, 0.15) is 6.10 Å². The molecule has 6 heteroatoms. The van der Waals surface area contributed by atoms with Crippen LogP contribution in [-0.4, -0.2) is 39.3 Å². The Morgan fingerprint density at radius 1 is 1.29 bits per heavy atom. The largest absolute Gasteiger partial charge is 0.376 e. The second-order valence-corrected chi connectivity index (χ2v) is 2.47. The van der Waals surface area contributed by atoms with Gasteiger partial charge >= 0.3 is 0 Å². The summed E-state index contributed by atoms with van der Waals surface area (Å²) in [5, 5.41) is 3.42. The maximum atomic E-state index is 8.17. The maximum Gasteiger partial charge on any atom is 0.183 e. The van der Waals surface area contributed by atoms with E-state index in [0.717, 1.165) is 0 Å². The molecule has 0 amide bonds. The fourth-order valence-corrected chi connectivity index (χ4v) is 0.980. The molecule has 6 nitrogen and oxygen atoms in total. The number of rotatable bonds is 8. The highest BCUT2D eigenvalue weighted by atomic mass is 16.7. The third-order valence-electron chi connectivity index (χ3n) is 1.59. The zero-order valence-electron chi connectivity index (χ0n) is 8.84. The van der Waals surface area contributed by atoms with Gasteiger partial charge in [-0.05, 0) is 19.4 Å². The van der Waals surface area contributed by atoms with E-state index in [4.69, 9.17) is 19.7 Å². The summed E-state index contributed by atoms with van der Waals surface area (Å²) in [5.74, 6) is 0. The highest BCUT2D eigenvalue weighted by molar-refractivity contribution is 4.66. The lowest BCUT2D eigenvalue weighted by Gasteiger charge is -2.24. The molecule has 0 rings (SSSR count). The van der Waals surface area contributed by atoms with Crippen molar-refractivity contribution in [3.63, 3.8) is 0 Å². The molecule has 0 aromatic rings. The Morgan fingerprint density at radius 3 is 2.21 bits per heavy atom. The molecule has 14 heavy (non-hydrogen) atoms. The van der Waals surface area contributed by atoms with Gasteiger partial charge < -0.3 is 14.2 Å². The second-order valence-electron chi connectivity index (χ2n) is 2.47. The van der Waals surface area contributed by atoms with Crippen molar-refractivity contribution < 1.29 is 14.2 Å². The average molecular weight is 203 g/mol. The normalized spacial score (nSPS) is 12.6. The van der Waals surface area contributed by atoms with E-state index in [2.05, 4.69) is 10.0 Å². The van der Waals surface area contributed by atoms with Gasteiger partial charge in [-0.3, -0.25) is 0 Å². The Kier molecular flexibility index (Phi) is 8.27. The quantitative estimate of drug-likeness (QED) is 0.261. The van der Waals surface area contributed by atoms with Gasteiger partial charge in [0, 0.05) is 25.2 Å². The molecule has 0 saturated heterocycles. The molecule has 0 fully saturated rings. The van der Waals surface area contributed by atoms with Crippen LogP contribution in [0.5, 0.6) is 0 Å². The summed E-state index contributed by atoms with van der Waals surface area (Å²) in [4.78, 5) is 2.66. The Labute approximate surface area is 83.8 Å². The van der Waals surface area contributed by atoms with Gasteiger partial charge in [0.15, 0.2) is 6.29 Å². The number of methoxy groups -OCH3 is 1. The van der Waals surface area contributed by atoms with E-state index in [1.165, 1.54) is 7.11 Å². The number of azide groups is 1. The average Bonchev–Trinajstić information content (AvgIpc) is 2.19. The van der Waals surface area contributed by atoms with Crippen LogP contribution in [0, 0.1) is 0 Å². The Morgan fingerprint density at radius 2 is 1.86 bits per heavy atom. The third-order valence-corrected chi connectivity index (χ3v) is 1.59. The van der Waals surface area contributed by atoms with Gasteiger partial charge in [-0.1, -0.05) is 5.11 Å². The van der Waals surface area contributed by atoms with E-state index in [0.29, 0.717) is 13.2 Å². The summed E-state index contributed by atoms with van der Waals surface area (Å²) < 4.78 is 15.7. The maximum absolute atomic E-state index is 8.17. The Balaban J connectivity index is 4.16. The molecule has 82 valence electrons. The lowest BCUT2D eigenvalue weighted by Crippen LogP contribution is -2.35. The first-order valence-electron chi connectivity index (χ1n) is 4.56. The molecule has 0 saturated carbocycles. The van der Waals surface area contributed by atoms with Crippen LogP contribution < -0.4 is 0 Å². The molecule has 0 aliphatic rings. The van der Waals surface area contributed by atoms with Crippen LogP contribution in [0.3, 0.4) is 0 Å². The SMILES string of the molecule is CCOC(OCC)[C@H](CN=[N+]=[N-])OC. The lowest BCUT2D eigenvalue weighted by atomic mass is 10.3. The lowest BCUT2D eigenvalue weighted by molar-refractivity contribution is -0.193. The van der Waals surface area contributed by atoms with Crippen molar-refractivity contribution in [2.75, 3.05) is 26.9 Å². The smallest absolute Gasteiger partial charge is 0.183 e. The molecule has 0 aromatic heterocycles. The molecule has 0 heterocycles. The van der Waals surface area contributed by atoms with Crippen molar-refractivity contribution in [3.05, 3.63) is 10.4 Å². The van der Waals surface area contributed by atoms with E-state index in [1.54, 1.807) is 0 Å². The first-order valence-corrected chi connectivity index (χ1v) is 4.56. The highest BCUT2D eigenvalue weighted by Gasteiger charge is 2.20. The number of hydrogen-bond acceptors (Lipinski definition) is 4. The van der Waals surface area contributed by atoms with E-state index >= 15 is 0 Å². The number of hydrogen-bond donors (Lipinski definition) is 0. The summed E-state index contributed by atoms with van der Waals surface area (Å²) in [6.45, 7) is 5.00. The van der Waals surface area contributed by atoms with Crippen LogP contribution in [-0.2, 0) is 14.2 Å². The van der Waals surface area contributed by atoms with Crippen molar-refractivity contribution >= 4 is 0 Å². The number of ether oxygens (including phenoxy) is 3. The van der Waals surface area contributed by atoms with Gasteiger partial charge in [-0.2, -0.15) is 0 Å². The summed E-state index contributed by atoms with van der Waals surface area (Å²) in [6, 6.07) is 0. The first-order chi connectivity index (χ1) is 6.79. The Hall–Kier alpha value is -0.810. The highest BCUT2D eigenvalue weighted by Crippen LogP contribution is 2.06. The molecular formula is C8H17N3O3. The number of nitrogens with zero attached hydrogens (tertiary/aromatic N) is 3. The van der Waals surface area contributed by atoms with Gasteiger partial charge in [0.05, 0.1) is 6.54 Å². The fraction of sp³-hybridized carbons (Fsp3) is 1.00. The zero-order valence-corrected chi connectivity index (χ0v) is 8.84. The molecular weight excluding hydrogens is 186 g/mol. The topological polar surface area (TPSA) is 76.5 Å².